The van der Waals surface area contributed by atoms with E-state index in [2.05, 4.69) is 5.32 Å². The zero-order valence-electron chi connectivity index (χ0n) is 13.7. The number of rotatable bonds is 5. The monoisotopic (exact) mass is 387 g/mol. The van der Waals surface area contributed by atoms with E-state index in [1.54, 1.807) is 6.07 Å². The number of nitrogens with one attached hydrogen (secondary N) is 1. The first kappa shape index (κ1) is 18.3. The van der Waals surface area contributed by atoms with E-state index in [0.717, 1.165) is 0 Å². The van der Waals surface area contributed by atoms with Gasteiger partial charge >= 0.3 is 0 Å². The second-order valence-corrected chi connectivity index (χ2v) is 7.05. The number of furan rings is 1. The standard InChI is InChI=1S/C17H13N3O6S/c18-27(24,25)14-7-3-12(4-8-14)19-17(21)16-10-9-15(26-16)11-1-5-13(6-2-11)20(22)23/h1-10H,(H,19,21)(H2,18,24,25). The van der Waals surface area contributed by atoms with E-state index in [1.807, 2.05) is 0 Å². The van der Waals surface area contributed by atoms with Crippen LogP contribution in [0.5, 0.6) is 0 Å². The second kappa shape index (κ2) is 7.02. The SMILES string of the molecule is NS(=O)(=O)c1ccc(NC(=O)c2ccc(-c3ccc([N+](=O)[O-])cc3)o2)cc1. The van der Waals surface area contributed by atoms with Gasteiger partial charge in [-0.1, -0.05) is 0 Å². The maximum atomic E-state index is 12.2. The van der Waals surface area contributed by atoms with Crippen LogP contribution in [0.4, 0.5) is 11.4 Å². The Hall–Kier alpha value is -3.50. The van der Waals surface area contributed by atoms with Gasteiger partial charge in [-0.25, -0.2) is 13.6 Å². The van der Waals surface area contributed by atoms with Gasteiger partial charge in [-0.05, 0) is 48.5 Å². The van der Waals surface area contributed by atoms with E-state index in [-0.39, 0.29) is 16.3 Å². The van der Waals surface area contributed by atoms with Crippen LogP contribution in [0, 0.1) is 10.1 Å². The van der Waals surface area contributed by atoms with Gasteiger partial charge in [-0.15, -0.1) is 0 Å². The van der Waals surface area contributed by atoms with Crippen LogP contribution in [0.1, 0.15) is 10.6 Å². The van der Waals surface area contributed by atoms with Crippen molar-refractivity contribution in [2.24, 2.45) is 5.14 Å². The fourth-order valence-electron chi connectivity index (χ4n) is 2.28. The van der Waals surface area contributed by atoms with Crippen molar-refractivity contribution in [3.05, 3.63) is 76.5 Å². The summed E-state index contributed by atoms with van der Waals surface area (Å²) in [5, 5.41) is 18.3. The number of amides is 1. The van der Waals surface area contributed by atoms with E-state index in [1.165, 1.54) is 54.6 Å². The zero-order valence-corrected chi connectivity index (χ0v) is 14.5. The van der Waals surface area contributed by atoms with Gasteiger partial charge in [0, 0.05) is 23.4 Å². The number of anilines is 1. The number of nitro benzene ring substituents is 1. The van der Waals surface area contributed by atoms with Crippen LogP contribution in [-0.4, -0.2) is 19.2 Å². The van der Waals surface area contributed by atoms with Crippen LogP contribution >= 0.6 is 0 Å². The van der Waals surface area contributed by atoms with Crippen molar-refractivity contribution < 1.29 is 22.6 Å². The van der Waals surface area contributed by atoms with E-state index in [9.17, 15) is 23.3 Å². The fourth-order valence-corrected chi connectivity index (χ4v) is 2.80. The number of nitro groups is 1. The molecule has 0 saturated carbocycles. The third-order valence-corrected chi connectivity index (χ3v) is 4.56. The number of primary sulfonamides is 1. The lowest BCUT2D eigenvalue weighted by atomic mass is 10.1. The number of hydrogen-bond acceptors (Lipinski definition) is 6. The van der Waals surface area contributed by atoms with Crippen molar-refractivity contribution in [3.8, 4) is 11.3 Å². The first-order chi connectivity index (χ1) is 12.7. The van der Waals surface area contributed by atoms with Crippen LogP contribution in [0.25, 0.3) is 11.3 Å². The van der Waals surface area contributed by atoms with Gasteiger partial charge in [0.15, 0.2) is 5.76 Å². The van der Waals surface area contributed by atoms with Crippen LogP contribution < -0.4 is 10.5 Å². The van der Waals surface area contributed by atoms with Crippen LogP contribution in [0.3, 0.4) is 0 Å². The molecule has 1 amide bonds. The first-order valence-electron chi connectivity index (χ1n) is 7.53. The normalized spacial score (nSPS) is 11.1. The van der Waals surface area contributed by atoms with Crippen molar-refractivity contribution in [3.63, 3.8) is 0 Å². The molecule has 3 aromatic rings. The molecule has 1 aromatic heterocycles. The molecule has 138 valence electrons. The molecule has 0 radical (unpaired) electrons. The molecule has 0 aliphatic heterocycles. The van der Waals surface area contributed by atoms with E-state index < -0.39 is 20.9 Å². The molecule has 0 saturated heterocycles. The molecule has 0 atom stereocenters. The highest BCUT2D eigenvalue weighted by Gasteiger charge is 2.14. The molecule has 3 rings (SSSR count). The quantitative estimate of drug-likeness (QED) is 0.508. The van der Waals surface area contributed by atoms with E-state index in [0.29, 0.717) is 17.0 Å². The topological polar surface area (TPSA) is 146 Å². The number of benzene rings is 2. The summed E-state index contributed by atoms with van der Waals surface area (Å²) in [6.45, 7) is 0. The summed E-state index contributed by atoms with van der Waals surface area (Å²) in [6, 6.07) is 14.1. The molecule has 0 spiro atoms. The first-order valence-corrected chi connectivity index (χ1v) is 9.07. The Balaban J connectivity index is 1.74. The predicted molar refractivity (Wildman–Crippen MR) is 96.6 cm³/mol. The average Bonchev–Trinajstić information content (AvgIpc) is 3.12. The van der Waals surface area contributed by atoms with Crippen molar-refractivity contribution in [2.75, 3.05) is 5.32 Å². The number of sulfonamides is 1. The highest BCUT2D eigenvalue weighted by Crippen LogP contribution is 2.25. The predicted octanol–water partition coefficient (Wildman–Crippen LogP) is 2.75. The Morgan fingerprint density at radius 2 is 1.63 bits per heavy atom. The minimum Gasteiger partial charge on any atom is -0.451 e. The lowest BCUT2D eigenvalue weighted by Gasteiger charge is -2.04. The minimum absolute atomic E-state index is 0.0267. The van der Waals surface area contributed by atoms with Crippen molar-refractivity contribution in [1.29, 1.82) is 0 Å². The second-order valence-electron chi connectivity index (χ2n) is 5.49. The number of nitrogens with two attached hydrogens (primary N) is 1. The zero-order chi connectivity index (χ0) is 19.6. The largest absolute Gasteiger partial charge is 0.451 e. The molecule has 0 fully saturated rings. The molecule has 1 heterocycles. The van der Waals surface area contributed by atoms with E-state index in [4.69, 9.17) is 9.56 Å². The number of carbonyl (C=O) groups is 1. The van der Waals surface area contributed by atoms with E-state index >= 15 is 0 Å². The summed E-state index contributed by atoms with van der Waals surface area (Å²) in [7, 11) is -3.81. The Morgan fingerprint density at radius 1 is 1.00 bits per heavy atom. The number of non-ortho nitro benzene ring substituents is 1. The Labute approximate surface area is 153 Å². The Morgan fingerprint density at radius 3 is 2.19 bits per heavy atom. The Kier molecular flexibility index (Phi) is 4.75. The van der Waals surface area contributed by atoms with Gasteiger partial charge in [-0.3, -0.25) is 14.9 Å². The summed E-state index contributed by atoms with van der Waals surface area (Å²) in [5.74, 6) is -0.134. The molecule has 3 N–H and O–H groups in total. The molecular formula is C17H13N3O6S. The summed E-state index contributed by atoms with van der Waals surface area (Å²) >= 11 is 0. The number of hydrogen-bond donors (Lipinski definition) is 2. The molecule has 9 nitrogen and oxygen atoms in total. The molecular weight excluding hydrogens is 374 g/mol. The third-order valence-electron chi connectivity index (χ3n) is 3.63. The minimum atomic E-state index is -3.81. The lowest BCUT2D eigenvalue weighted by Crippen LogP contribution is -2.13. The maximum absolute atomic E-state index is 12.2. The molecule has 0 unspecified atom stereocenters. The van der Waals surface area contributed by atoms with Gasteiger partial charge in [0.25, 0.3) is 11.6 Å². The third kappa shape index (κ3) is 4.19. The van der Waals surface area contributed by atoms with Gasteiger partial charge in [0.2, 0.25) is 10.0 Å². The molecule has 2 aromatic carbocycles. The van der Waals surface area contributed by atoms with Crippen molar-refractivity contribution in [2.45, 2.75) is 4.90 Å². The van der Waals surface area contributed by atoms with Crippen LogP contribution in [0.2, 0.25) is 0 Å². The van der Waals surface area contributed by atoms with Crippen molar-refractivity contribution >= 4 is 27.3 Å². The fraction of sp³-hybridized carbons (Fsp3) is 0. The summed E-state index contributed by atoms with van der Waals surface area (Å²) in [4.78, 5) is 22.3. The summed E-state index contributed by atoms with van der Waals surface area (Å²) in [5.41, 5.74) is 0.893. The van der Waals surface area contributed by atoms with Gasteiger partial charge in [-0.2, -0.15) is 0 Å². The average molecular weight is 387 g/mol. The molecule has 0 bridgehead atoms. The highest BCUT2D eigenvalue weighted by molar-refractivity contribution is 7.89. The Bertz CT molecular complexity index is 1100. The maximum Gasteiger partial charge on any atom is 0.291 e. The van der Waals surface area contributed by atoms with Crippen LogP contribution in [-0.2, 0) is 10.0 Å². The molecule has 0 aliphatic carbocycles. The summed E-state index contributed by atoms with van der Waals surface area (Å²) < 4.78 is 27.9. The molecule has 0 aliphatic rings. The smallest absolute Gasteiger partial charge is 0.291 e. The number of carbonyl (C=O) groups excluding carboxylic acids is 1. The van der Waals surface area contributed by atoms with Crippen LogP contribution in [0.15, 0.2) is 70.0 Å². The summed E-state index contributed by atoms with van der Waals surface area (Å²) in [6.07, 6.45) is 0. The number of nitrogens with zero attached hydrogens (tertiary/aromatic N) is 1. The van der Waals surface area contributed by atoms with Gasteiger partial charge in [0.1, 0.15) is 5.76 Å². The van der Waals surface area contributed by atoms with Crippen molar-refractivity contribution in [1.82, 2.24) is 0 Å². The molecule has 27 heavy (non-hydrogen) atoms. The van der Waals surface area contributed by atoms with Gasteiger partial charge in [0.05, 0.1) is 9.82 Å². The lowest BCUT2D eigenvalue weighted by molar-refractivity contribution is -0.384. The van der Waals surface area contributed by atoms with Gasteiger partial charge < -0.3 is 9.73 Å². The highest BCUT2D eigenvalue weighted by atomic mass is 32.2. The molecule has 10 heteroatoms.